The fourth-order valence-corrected chi connectivity index (χ4v) is 2.15. The predicted molar refractivity (Wildman–Crippen MR) is 58.0 cm³/mol. The van der Waals surface area contributed by atoms with Crippen LogP contribution in [-0.4, -0.2) is 36.1 Å². The highest BCUT2D eigenvalue weighted by atomic mass is 15.2. The molecule has 0 bridgehead atoms. The molecule has 1 saturated heterocycles. The quantitative estimate of drug-likeness (QED) is 0.717. The van der Waals surface area contributed by atoms with Crippen molar-refractivity contribution in [1.29, 1.82) is 0 Å². The minimum atomic E-state index is 0.683. The molecule has 2 atom stereocenters. The van der Waals surface area contributed by atoms with Crippen LogP contribution in [0.15, 0.2) is 0 Å². The van der Waals surface area contributed by atoms with E-state index in [1.165, 1.54) is 25.9 Å². The van der Waals surface area contributed by atoms with Crippen molar-refractivity contribution in [2.45, 2.75) is 58.7 Å². The van der Waals surface area contributed by atoms with Gasteiger partial charge in [-0.1, -0.05) is 6.92 Å². The van der Waals surface area contributed by atoms with Crippen LogP contribution >= 0.6 is 0 Å². The monoisotopic (exact) mass is 184 g/mol. The van der Waals surface area contributed by atoms with E-state index >= 15 is 0 Å². The van der Waals surface area contributed by atoms with Gasteiger partial charge in [0, 0.05) is 24.7 Å². The molecule has 0 aromatic carbocycles. The number of likely N-dealkylation sites (N-methyl/N-ethyl adjacent to an activating group) is 1. The lowest BCUT2D eigenvalue weighted by Crippen LogP contribution is -2.42. The summed E-state index contributed by atoms with van der Waals surface area (Å²) in [6.07, 6.45) is 2.70. The summed E-state index contributed by atoms with van der Waals surface area (Å²) in [6.45, 7) is 11.5. The summed E-state index contributed by atoms with van der Waals surface area (Å²) in [5.41, 5.74) is 0. The zero-order chi connectivity index (χ0) is 9.84. The SMILES string of the molecule is CCN(CC1CCC(C)N1)C(C)C. The Labute approximate surface area is 82.7 Å². The molecule has 1 rings (SSSR count). The smallest absolute Gasteiger partial charge is 0.0198 e. The second kappa shape index (κ2) is 4.97. The van der Waals surface area contributed by atoms with Crippen LogP contribution in [-0.2, 0) is 0 Å². The molecule has 0 aliphatic carbocycles. The summed E-state index contributed by atoms with van der Waals surface area (Å²) in [7, 11) is 0. The van der Waals surface area contributed by atoms with Gasteiger partial charge in [-0.25, -0.2) is 0 Å². The zero-order valence-corrected chi connectivity index (χ0v) is 9.51. The highest BCUT2D eigenvalue weighted by Crippen LogP contribution is 2.13. The van der Waals surface area contributed by atoms with Crippen molar-refractivity contribution in [3.8, 4) is 0 Å². The maximum absolute atomic E-state index is 3.63. The number of nitrogens with zero attached hydrogens (tertiary/aromatic N) is 1. The Balaban J connectivity index is 2.30. The molecule has 1 aliphatic rings. The molecule has 0 aromatic rings. The molecule has 1 fully saturated rings. The van der Waals surface area contributed by atoms with Gasteiger partial charge in [-0.3, -0.25) is 4.90 Å². The molecule has 2 unspecified atom stereocenters. The third kappa shape index (κ3) is 3.28. The van der Waals surface area contributed by atoms with E-state index in [9.17, 15) is 0 Å². The van der Waals surface area contributed by atoms with Gasteiger partial charge in [0.1, 0.15) is 0 Å². The van der Waals surface area contributed by atoms with Crippen molar-refractivity contribution < 1.29 is 0 Å². The Morgan fingerprint density at radius 1 is 1.38 bits per heavy atom. The van der Waals surface area contributed by atoms with E-state index < -0.39 is 0 Å². The summed E-state index contributed by atoms with van der Waals surface area (Å²) >= 11 is 0. The molecule has 13 heavy (non-hydrogen) atoms. The standard InChI is InChI=1S/C11H24N2/c1-5-13(9(2)3)8-11-7-6-10(4)12-11/h9-12H,5-8H2,1-4H3. The van der Waals surface area contributed by atoms with Gasteiger partial charge in [-0.05, 0) is 40.2 Å². The lowest BCUT2D eigenvalue weighted by molar-refractivity contribution is 0.212. The first-order valence-electron chi connectivity index (χ1n) is 5.63. The van der Waals surface area contributed by atoms with E-state index in [-0.39, 0.29) is 0 Å². The highest BCUT2D eigenvalue weighted by Gasteiger charge is 2.22. The molecule has 2 heteroatoms. The molecule has 0 spiro atoms. The van der Waals surface area contributed by atoms with Gasteiger partial charge < -0.3 is 5.32 Å². The molecule has 0 radical (unpaired) electrons. The fourth-order valence-electron chi connectivity index (χ4n) is 2.15. The maximum atomic E-state index is 3.63. The summed E-state index contributed by atoms with van der Waals surface area (Å²) in [6, 6.07) is 2.15. The normalized spacial score (nSPS) is 29.1. The van der Waals surface area contributed by atoms with Crippen LogP contribution in [0.25, 0.3) is 0 Å². The van der Waals surface area contributed by atoms with Crippen LogP contribution in [0, 0.1) is 0 Å². The summed E-state index contributed by atoms with van der Waals surface area (Å²) in [5.74, 6) is 0. The highest BCUT2D eigenvalue weighted by molar-refractivity contribution is 4.83. The minimum Gasteiger partial charge on any atom is -0.310 e. The van der Waals surface area contributed by atoms with Gasteiger partial charge in [0.05, 0.1) is 0 Å². The van der Waals surface area contributed by atoms with E-state index in [4.69, 9.17) is 0 Å². The topological polar surface area (TPSA) is 15.3 Å². The van der Waals surface area contributed by atoms with E-state index in [0.29, 0.717) is 6.04 Å². The van der Waals surface area contributed by atoms with Gasteiger partial charge in [0.25, 0.3) is 0 Å². The molecule has 1 N–H and O–H groups in total. The van der Waals surface area contributed by atoms with Crippen molar-refractivity contribution in [3.63, 3.8) is 0 Å². The first kappa shape index (κ1) is 11.0. The molecule has 0 aromatic heterocycles. The van der Waals surface area contributed by atoms with E-state index in [0.717, 1.165) is 12.1 Å². The van der Waals surface area contributed by atoms with Crippen LogP contribution in [0.5, 0.6) is 0 Å². The van der Waals surface area contributed by atoms with Crippen molar-refractivity contribution in [2.24, 2.45) is 0 Å². The lowest BCUT2D eigenvalue weighted by Gasteiger charge is -2.28. The Bertz CT molecular complexity index is 145. The van der Waals surface area contributed by atoms with Crippen molar-refractivity contribution in [2.75, 3.05) is 13.1 Å². The fraction of sp³-hybridized carbons (Fsp3) is 1.00. The van der Waals surface area contributed by atoms with E-state index in [1.807, 2.05) is 0 Å². The van der Waals surface area contributed by atoms with E-state index in [2.05, 4.69) is 37.9 Å². The van der Waals surface area contributed by atoms with Crippen LogP contribution in [0.1, 0.15) is 40.5 Å². The van der Waals surface area contributed by atoms with Crippen LogP contribution in [0.4, 0.5) is 0 Å². The van der Waals surface area contributed by atoms with Gasteiger partial charge in [0.15, 0.2) is 0 Å². The third-order valence-corrected chi connectivity index (χ3v) is 3.06. The summed E-state index contributed by atoms with van der Waals surface area (Å²) in [4.78, 5) is 2.54. The second-order valence-corrected chi connectivity index (χ2v) is 4.52. The van der Waals surface area contributed by atoms with Crippen LogP contribution in [0.2, 0.25) is 0 Å². The predicted octanol–water partition coefficient (Wildman–Crippen LogP) is 1.86. The van der Waals surface area contributed by atoms with Gasteiger partial charge in [-0.15, -0.1) is 0 Å². The van der Waals surface area contributed by atoms with Crippen molar-refractivity contribution in [1.82, 2.24) is 10.2 Å². The molecular weight excluding hydrogens is 160 g/mol. The van der Waals surface area contributed by atoms with Crippen molar-refractivity contribution >= 4 is 0 Å². The molecule has 2 nitrogen and oxygen atoms in total. The lowest BCUT2D eigenvalue weighted by atomic mass is 10.2. The molecule has 0 saturated carbocycles. The molecule has 78 valence electrons. The first-order valence-corrected chi connectivity index (χ1v) is 5.63. The average Bonchev–Trinajstić information content (AvgIpc) is 2.46. The summed E-state index contributed by atoms with van der Waals surface area (Å²) < 4.78 is 0. The number of rotatable bonds is 4. The Morgan fingerprint density at radius 2 is 2.08 bits per heavy atom. The number of hydrogen-bond donors (Lipinski definition) is 1. The van der Waals surface area contributed by atoms with Gasteiger partial charge in [-0.2, -0.15) is 0 Å². The van der Waals surface area contributed by atoms with Gasteiger partial charge >= 0.3 is 0 Å². The average molecular weight is 184 g/mol. The summed E-state index contributed by atoms with van der Waals surface area (Å²) in [5, 5.41) is 3.63. The molecule has 1 heterocycles. The Hall–Kier alpha value is -0.0800. The van der Waals surface area contributed by atoms with Gasteiger partial charge in [0.2, 0.25) is 0 Å². The van der Waals surface area contributed by atoms with Crippen molar-refractivity contribution in [3.05, 3.63) is 0 Å². The largest absolute Gasteiger partial charge is 0.310 e. The zero-order valence-electron chi connectivity index (χ0n) is 9.51. The molecule has 0 amide bonds. The van der Waals surface area contributed by atoms with Crippen LogP contribution < -0.4 is 5.32 Å². The Kier molecular flexibility index (Phi) is 4.20. The molecule has 1 aliphatic heterocycles. The number of nitrogens with one attached hydrogen (secondary N) is 1. The molecular formula is C11H24N2. The minimum absolute atomic E-state index is 0.683. The van der Waals surface area contributed by atoms with E-state index in [1.54, 1.807) is 0 Å². The Morgan fingerprint density at radius 3 is 2.46 bits per heavy atom. The second-order valence-electron chi connectivity index (χ2n) is 4.52. The van der Waals surface area contributed by atoms with Crippen LogP contribution in [0.3, 0.4) is 0 Å². The number of hydrogen-bond acceptors (Lipinski definition) is 2. The third-order valence-electron chi connectivity index (χ3n) is 3.06. The maximum Gasteiger partial charge on any atom is 0.0198 e. The first-order chi connectivity index (χ1) is 6.13.